The molecule has 1 amide bonds. The number of nitrogens with two attached hydrogens (primary N) is 1. The molecule has 0 saturated carbocycles. The standard InChI is InChI=1S/C13H16N4O3/c1-17-7-11(14)12(16-17)13(18)15-8-4-9(19-2)6-10(5-8)20-3/h4-7H,14H2,1-3H3,(H,15,18). The molecular weight excluding hydrogens is 260 g/mol. The minimum absolute atomic E-state index is 0.175. The van der Waals surface area contributed by atoms with Crippen LogP contribution in [0.1, 0.15) is 10.5 Å². The molecule has 0 fully saturated rings. The minimum Gasteiger partial charge on any atom is -0.497 e. The average molecular weight is 276 g/mol. The van der Waals surface area contributed by atoms with E-state index in [9.17, 15) is 4.79 Å². The number of methoxy groups -OCH3 is 2. The van der Waals surface area contributed by atoms with E-state index in [1.54, 1.807) is 31.4 Å². The molecule has 0 aliphatic carbocycles. The van der Waals surface area contributed by atoms with E-state index < -0.39 is 5.91 Å². The lowest BCUT2D eigenvalue weighted by Gasteiger charge is -2.09. The van der Waals surface area contributed by atoms with Crippen molar-refractivity contribution in [1.82, 2.24) is 9.78 Å². The van der Waals surface area contributed by atoms with E-state index in [1.807, 2.05) is 0 Å². The lowest BCUT2D eigenvalue weighted by Crippen LogP contribution is -2.14. The van der Waals surface area contributed by atoms with Gasteiger partial charge in [0.2, 0.25) is 0 Å². The van der Waals surface area contributed by atoms with Gasteiger partial charge in [-0.15, -0.1) is 0 Å². The lowest BCUT2D eigenvalue weighted by molar-refractivity contribution is 0.102. The van der Waals surface area contributed by atoms with E-state index in [0.29, 0.717) is 22.9 Å². The Morgan fingerprint density at radius 2 is 1.85 bits per heavy atom. The largest absolute Gasteiger partial charge is 0.497 e. The van der Waals surface area contributed by atoms with E-state index in [0.717, 1.165) is 0 Å². The summed E-state index contributed by atoms with van der Waals surface area (Å²) >= 11 is 0. The maximum absolute atomic E-state index is 12.1. The summed E-state index contributed by atoms with van der Waals surface area (Å²) in [5.74, 6) is 0.765. The third kappa shape index (κ3) is 2.82. The number of carbonyl (C=O) groups excluding carboxylic acids is 1. The van der Waals surface area contributed by atoms with Gasteiger partial charge in [-0.25, -0.2) is 0 Å². The highest BCUT2D eigenvalue weighted by Gasteiger charge is 2.15. The molecule has 7 nitrogen and oxygen atoms in total. The Hall–Kier alpha value is -2.70. The van der Waals surface area contributed by atoms with Crippen molar-refractivity contribution in [3.63, 3.8) is 0 Å². The predicted octanol–water partition coefficient (Wildman–Crippen LogP) is 1.27. The summed E-state index contributed by atoms with van der Waals surface area (Å²) in [6, 6.07) is 5.07. The van der Waals surface area contributed by atoms with Crippen LogP contribution in [0.15, 0.2) is 24.4 Å². The number of aromatic nitrogens is 2. The minimum atomic E-state index is -0.390. The van der Waals surface area contributed by atoms with E-state index in [-0.39, 0.29) is 5.69 Å². The highest BCUT2D eigenvalue weighted by Crippen LogP contribution is 2.26. The van der Waals surface area contributed by atoms with Gasteiger partial charge in [0.05, 0.1) is 19.9 Å². The van der Waals surface area contributed by atoms with Crippen molar-refractivity contribution in [3.05, 3.63) is 30.1 Å². The number of nitrogen functional groups attached to an aromatic ring is 1. The van der Waals surface area contributed by atoms with Crippen LogP contribution in [0, 0.1) is 0 Å². The molecule has 0 spiro atoms. The fourth-order valence-corrected chi connectivity index (χ4v) is 1.75. The van der Waals surface area contributed by atoms with Gasteiger partial charge in [0.1, 0.15) is 11.5 Å². The second-order valence-electron chi connectivity index (χ2n) is 4.16. The Balaban J connectivity index is 2.25. The van der Waals surface area contributed by atoms with Crippen LogP contribution in [0.25, 0.3) is 0 Å². The van der Waals surface area contributed by atoms with Crippen LogP contribution in [-0.2, 0) is 7.05 Å². The van der Waals surface area contributed by atoms with Crippen LogP contribution in [0.5, 0.6) is 11.5 Å². The summed E-state index contributed by atoms with van der Waals surface area (Å²) in [7, 11) is 4.77. The molecule has 20 heavy (non-hydrogen) atoms. The highest BCUT2D eigenvalue weighted by molar-refractivity contribution is 6.06. The first-order valence-electron chi connectivity index (χ1n) is 5.87. The van der Waals surface area contributed by atoms with Gasteiger partial charge in [0.25, 0.3) is 5.91 Å². The maximum atomic E-state index is 12.1. The number of ether oxygens (including phenoxy) is 2. The highest BCUT2D eigenvalue weighted by atomic mass is 16.5. The molecule has 0 unspecified atom stereocenters. The quantitative estimate of drug-likeness (QED) is 0.877. The van der Waals surface area contributed by atoms with Crippen LogP contribution in [0.3, 0.4) is 0 Å². The zero-order chi connectivity index (χ0) is 14.7. The first-order valence-corrected chi connectivity index (χ1v) is 5.87. The number of aryl methyl sites for hydroxylation is 1. The summed E-state index contributed by atoms with van der Waals surface area (Å²) in [4.78, 5) is 12.1. The third-order valence-electron chi connectivity index (χ3n) is 2.68. The molecular formula is C13H16N4O3. The van der Waals surface area contributed by atoms with Crippen molar-refractivity contribution in [3.8, 4) is 11.5 Å². The molecule has 2 aromatic rings. The molecule has 0 radical (unpaired) electrons. The van der Waals surface area contributed by atoms with Gasteiger partial charge in [0, 0.05) is 37.1 Å². The van der Waals surface area contributed by atoms with Gasteiger partial charge in [-0.1, -0.05) is 0 Å². The van der Waals surface area contributed by atoms with Crippen LogP contribution in [0.4, 0.5) is 11.4 Å². The molecule has 106 valence electrons. The van der Waals surface area contributed by atoms with Gasteiger partial charge in [-0.2, -0.15) is 5.10 Å². The number of hydrogen-bond donors (Lipinski definition) is 2. The fourth-order valence-electron chi connectivity index (χ4n) is 1.75. The third-order valence-corrected chi connectivity index (χ3v) is 2.68. The molecule has 0 aliphatic rings. The number of hydrogen-bond acceptors (Lipinski definition) is 5. The monoisotopic (exact) mass is 276 g/mol. The average Bonchev–Trinajstić information content (AvgIpc) is 2.77. The Morgan fingerprint density at radius 1 is 1.25 bits per heavy atom. The Labute approximate surface area is 116 Å². The molecule has 1 aromatic heterocycles. The second kappa shape index (κ2) is 5.52. The lowest BCUT2D eigenvalue weighted by atomic mass is 10.2. The number of carbonyl (C=O) groups is 1. The van der Waals surface area contributed by atoms with Crippen LogP contribution in [0.2, 0.25) is 0 Å². The predicted molar refractivity (Wildman–Crippen MR) is 75.1 cm³/mol. The van der Waals surface area contributed by atoms with Crippen molar-refractivity contribution in [2.75, 3.05) is 25.3 Å². The van der Waals surface area contributed by atoms with Gasteiger partial charge in [0.15, 0.2) is 5.69 Å². The Kier molecular flexibility index (Phi) is 3.79. The second-order valence-corrected chi connectivity index (χ2v) is 4.16. The molecule has 1 aromatic carbocycles. The van der Waals surface area contributed by atoms with E-state index in [1.165, 1.54) is 18.9 Å². The summed E-state index contributed by atoms with van der Waals surface area (Å²) in [5, 5.41) is 6.72. The summed E-state index contributed by atoms with van der Waals surface area (Å²) < 4.78 is 11.8. The topological polar surface area (TPSA) is 91.4 Å². The normalized spacial score (nSPS) is 10.2. The molecule has 2 rings (SSSR count). The van der Waals surface area contributed by atoms with Crippen LogP contribution < -0.4 is 20.5 Å². The molecule has 7 heteroatoms. The zero-order valence-electron chi connectivity index (χ0n) is 11.5. The number of nitrogens with one attached hydrogen (secondary N) is 1. The zero-order valence-corrected chi connectivity index (χ0v) is 11.5. The Bertz CT molecular complexity index is 614. The van der Waals surface area contributed by atoms with Gasteiger partial charge in [-0.05, 0) is 0 Å². The van der Waals surface area contributed by atoms with E-state index in [2.05, 4.69) is 10.4 Å². The van der Waals surface area contributed by atoms with Crippen LogP contribution >= 0.6 is 0 Å². The number of nitrogens with zero attached hydrogens (tertiary/aromatic N) is 2. The number of benzene rings is 1. The van der Waals surface area contributed by atoms with Crippen molar-refractivity contribution >= 4 is 17.3 Å². The number of anilines is 2. The summed E-state index contributed by atoms with van der Waals surface area (Å²) in [6.07, 6.45) is 1.57. The number of rotatable bonds is 4. The van der Waals surface area contributed by atoms with Crippen molar-refractivity contribution in [2.24, 2.45) is 7.05 Å². The fraction of sp³-hybridized carbons (Fsp3) is 0.231. The van der Waals surface area contributed by atoms with Crippen molar-refractivity contribution in [2.45, 2.75) is 0 Å². The molecule has 0 atom stereocenters. The molecule has 0 bridgehead atoms. The van der Waals surface area contributed by atoms with E-state index >= 15 is 0 Å². The van der Waals surface area contributed by atoms with E-state index in [4.69, 9.17) is 15.2 Å². The summed E-state index contributed by atoms with van der Waals surface area (Å²) in [5.41, 5.74) is 6.75. The van der Waals surface area contributed by atoms with Crippen LogP contribution in [-0.4, -0.2) is 29.9 Å². The molecule has 0 saturated heterocycles. The van der Waals surface area contributed by atoms with Gasteiger partial charge in [-0.3, -0.25) is 9.48 Å². The molecule has 0 aliphatic heterocycles. The Morgan fingerprint density at radius 3 is 2.30 bits per heavy atom. The number of amides is 1. The SMILES string of the molecule is COc1cc(NC(=O)c2nn(C)cc2N)cc(OC)c1. The van der Waals surface area contributed by atoms with Gasteiger partial charge >= 0.3 is 0 Å². The van der Waals surface area contributed by atoms with Gasteiger partial charge < -0.3 is 20.5 Å². The van der Waals surface area contributed by atoms with Crippen molar-refractivity contribution < 1.29 is 14.3 Å². The summed E-state index contributed by atoms with van der Waals surface area (Å²) in [6.45, 7) is 0. The first kappa shape index (κ1) is 13.7. The molecule has 3 N–H and O–H groups in total. The smallest absolute Gasteiger partial charge is 0.278 e. The first-order chi connectivity index (χ1) is 9.53. The van der Waals surface area contributed by atoms with Crippen molar-refractivity contribution in [1.29, 1.82) is 0 Å². The molecule has 1 heterocycles. The maximum Gasteiger partial charge on any atom is 0.278 e.